The summed E-state index contributed by atoms with van der Waals surface area (Å²) in [5.41, 5.74) is 1.26. The molecule has 1 amide bonds. The fourth-order valence-corrected chi connectivity index (χ4v) is 2.06. The molecule has 1 unspecified atom stereocenters. The van der Waals surface area contributed by atoms with Crippen molar-refractivity contribution in [3.8, 4) is 0 Å². The van der Waals surface area contributed by atoms with Gasteiger partial charge in [-0.3, -0.25) is 4.79 Å². The number of amides is 1. The molecule has 0 heterocycles. The first kappa shape index (κ1) is 15.4. The van der Waals surface area contributed by atoms with Crippen molar-refractivity contribution in [2.45, 2.75) is 13.3 Å². The average Bonchev–Trinajstić information content (AvgIpc) is 2.44. The van der Waals surface area contributed by atoms with E-state index in [2.05, 4.69) is 24.0 Å². The fraction of sp³-hybridized carbons (Fsp3) is 0.438. The standard InChI is InChI=1S/C16H24N2O/c1-4-11-18(16(19)14(2)13-17-3)12-10-15-8-6-5-7-9-15/h4-9,14,17H,1,10-13H2,2-3H3. The van der Waals surface area contributed by atoms with Gasteiger partial charge in [-0.1, -0.05) is 43.3 Å². The maximum absolute atomic E-state index is 12.3. The summed E-state index contributed by atoms with van der Waals surface area (Å²) in [7, 11) is 1.87. The molecule has 0 spiro atoms. The number of benzene rings is 1. The number of hydrogen-bond acceptors (Lipinski definition) is 2. The molecule has 0 radical (unpaired) electrons. The Labute approximate surface area is 116 Å². The molecule has 0 fully saturated rings. The molecule has 1 aromatic rings. The van der Waals surface area contributed by atoms with Gasteiger partial charge in [-0.05, 0) is 19.0 Å². The van der Waals surface area contributed by atoms with Crippen LogP contribution in [0.1, 0.15) is 12.5 Å². The fourth-order valence-electron chi connectivity index (χ4n) is 2.06. The van der Waals surface area contributed by atoms with E-state index in [-0.39, 0.29) is 11.8 Å². The van der Waals surface area contributed by atoms with E-state index in [1.54, 1.807) is 6.08 Å². The lowest BCUT2D eigenvalue weighted by atomic mass is 10.1. The third-order valence-electron chi connectivity index (χ3n) is 3.11. The van der Waals surface area contributed by atoms with Crippen molar-refractivity contribution in [2.75, 3.05) is 26.7 Å². The van der Waals surface area contributed by atoms with Crippen molar-refractivity contribution >= 4 is 5.91 Å². The Kier molecular flexibility index (Phi) is 6.90. The van der Waals surface area contributed by atoms with E-state index in [1.165, 1.54) is 5.56 Å². The quantitative estimate of drug-likeness (QED) is 0.726. The molecule has 1 N–H and O–H groups in total. The van der Waals surface area contributed by atoms with Crippen LogP contribution in [0.5, 0.6) is 0 Å². The second-order valence-electron chi connectivity index (χ2n) is 4.77. The Hall–Kier alpha value is -1.61. The van der Waals surface area contributed by atoms with Gasteiger partial charge in [-0.15, -0.1) is 6.58 Å². The minimum Gasteiger partial charge on any atom is -0.338 e. The molecule has 104 valence electrons. The molecule has 3 heteroatoms. The van der Waals surface area contributed by atoms with Crippen LogP contribution in [0.3, 0.4) is 0 Å². The van der Waals surface area contributed by atoms with E-state index in [9.17, 15) is 4.79 Å². The SMILES string of the molecule is C=CCN(CCc1ccccc1)C(=O)C(C)CNC. The molecular formula is C16H24N2O. The summed E-state index contributed by atoms with van der Waals surface area (Å²) < 4.78 is 0. The van der Waals surface area contributed by atoms with Crippen molar-refractivity contribution in [1.29, 1.82) is 0 Å². The number of nitrogens with zero attached hydrogens (tertiary/aromatic N) is 1. The zero-order valence-electron chi connectivity index (χ0n) is 11.9. The van der Waals surface area contributed by atoms with Gasteiger partial charge in [0.2, 0.25) is 5.91 Å². The van der Waals surface area contributed by atoms with Gasteiger partial charge in [0.15, 0.2) is 0 Å². The van der Waals surface area contributed by atoms with Crippen molar-refractivity contribution in [2.24, 2.45) is 5.92 Å². The number of rotatable bonds is 8. The van der Waals surface area contributed by atoms with E-state index in [0.717, 1.165) is 13.0 Å². The number of hydrogen-bond donors (Lipinski definition) is 1. The van der Waals surface area contributed by atoms with Crippen LogP contribution in [-0.2, 0) is 11.2 Å². The molecule has 0 saturated carbocycles. The first-order valence-corrected chi connectivity index (χ1v) is 6.77. The second-order valence-corrected chi connectivity index (χ2v) is 4.77. The van der Waals surface area contributed by atoms with Gasteiger partial charge < -0.3 is 10.2 Å². The molecule has 0 saturated heterocycles. The van der Waals surface area contributed by atoms with E-state index >= 15 is 0 Å². The Morgan fingerprint density at radius 1 is 1.42 bits per heavy atom. The third-order valence-corrected chi connectivity index (χ3v) is 3.11. The van der Waals surface area contributed by atoms with Gasteiger partial charge in [-0.25, -0.2) is 0 Å². The topological polar surface area (TPSA) is 32.3 Å². The predicted octanol–water partition coefficient (Wildman–Crippen LogP) is 2.10. The van der Waals surface area contributed by atoms with Crippen LogP contribution in [-0.4, -0.2) is 37.5 Å². The van der Waals surface area contributed by atoms with E-state index in [4.69, 9.17) is 0 Å². The highest BCUT2D eigenvalue weighted by atomic mass is 16.2. The van der Waals surface area contributed by atoms with Crippen LogP contribution in [0.2, 0.25) is 0 Å². The van der Waals surface area contributed by atoms with Crippen LogP contribution in [0, 0.1) is 5.92 Å². The van der Waals surface area contributed by atoms with Crippen molar-refractivity contribution in [1.82, 2.24) is 10.2 Å². The smallest absolute Gasteiger partial charge is 0.226 e. The van der Waals surface area contributed by atoms with E-state index in [0.29, 0.717) is 13.1 Å². The maximum Gasteiger partial charge on any atom is 0.226 e. The summed E-state index contributed by atoms with van der Waals surface area (Å²) in [6, 6.07) is 10.2. The number of carbonyl (C=O) groups is 1. The van der Waals surface area contributed by atoms with E-state index in [1.807, 2.05) is 37.1 Å². The van der Waals surface area contributed by atoms with Gasteiger partial charge in [0.05, 0.1) is 0 Å². The lowest BCUT2D eigenvalue weighted by Crippen LogP contribution is -2.39. The monoisotopic (exact) mass is 260 g/mol. The van der Waals surface area contributed by atoms with Crippen LogP contribution in [0.15, 0.2) is 43.0 Å². The Morgan fingerprint density at radius 3 is 2.68 bits per heavy atom. The van der Waals surface area contributed by atoms with Crippen LogP contribution in [0.25, 0.3) is 0 Å². The summed E-state index contributed by atoms with van der Waals surface area (Å²) in [4.78, 5) is 14.2. The Bertz CT molecular complexity index is 389. The molecule has 0 bridgehead atoms. The molecule has 19 heavy (non-hydrogen) atoms. The van der Waals surface area contributed by atoms with Gasteiger partial charge in [0.1, 0.15) is 0 Å². The molecule has 1 rings (SSSR count). The van der Waals surface area contributed by atoms with Gasteiger partial charge in [0.25, 0.3) is 0 Å². The Morgan fingerprint density at radius 2 is 2.11 bits per heavy atom. The Balaban J connectivity index is 2.57. The summed E-state index contributed by atoms with van der Waals surface area (Å²) in [5, 5.41) is 3.05. The molecule has 1 aromatic carbocycles. The molecule has 1 atom stereocenters. The summed E-state index contributed by atoms with van der Waals surface area (Å²) in [5.74, 6) is 0.186. The van der Waals surface area contributed by atoms with Gasteiger partial charge >= 0.3 is 0 Å². The summed E-state index contributed by atoms with van der Waals surface area (Å²) in [6.45, 7) is 7.75. The minimum atomic E-state index is 0.000670. The lowest BCUT2D eigenvalue weighted by molar-refractivity contribution is -0.134. The number of carbonyl (C=O) groups excluding carboxylic acids is 1. The third kappa shape index (κ3) is 5.26. The average molecular weight is 260 g/mol. The van der Waals surface area contributed by atoms with E-state index < -0.39 is 0 Å². The summed E-state index contributed by atoms with van der Waals surface area (Å²) in [6.07, 6.45) is 2.67. The summed E-state index contributed by atoms with van der Waals surface area (Å²) >= 11 is 0. The highest BCUT2D eigenvalue weighted by Gasteiger charge is 2.18. The zero-order chi connectivity index (χ0) is 14.1. The molecule has 3 nitrogen and oxygen atoms in total. The molecular weight excluding hydrogens is 236 g/mol. The predicted molar refractivity (Wildman–Crippen MR) is 80.0 cm³/mol. The van der Waals surface area contributed by atoms with Crippen LogP contribution >= 0.6 is 0 Å². The molecule has 0 aromatic heterocycles. The first-order valence-electron chi connectivity index (χ1n) is 6.77. The molecule has 0 aliphatic carbocycles. The highest BCUT2D eigenvalue weighted by Crippen LogP contribution is 2.06. The van der Waals surface area contributed by atoms with Crippen LogP contribution < -0.4 is 5.32 Å². The van der Waals surface area contributed by atoms with Crippen molar-refractivity contribution in [3.05, 3.63) is 48.6 Å². The largest absolute Gasteiger partial charge is 0.338 e. The first-order chi connectivity index (χ1) is 9.19. The lowest BCUT2D eigenvalue weighted by Gasteiger charge is -2.24. The highest BCUT2D eigenvalue weighted by molar-refractivity contribution is 5.78. The van der Waals surface area contributed by atoms with Crippen molar-refractivity contribution in [3.63, 3.8) is 0 Å². The van der Waals surface area contributed by atoms with Crippen molar-refractivity contribution < 1.29 is 4.79 Å². The normalized spacial score (nSPS) is 11.9. The molecule has 0 aliphatic rings. The maximum atomic E-state index is 12.3. The van der Waals surface area contributed by atoms with Gasteiger partial charge in [-0.2, -0.15) is 0 Å². The van der Waals surface area contributed by atoms with Crippen LogP contribution in [0.4, 0.5) is 0 Å². The van der Waals surface area contributed by atoms with Gasteiger partial charge in [0, 0.05) is 25.6 Å². The number of nitrogens with one attached hydrogen (secondary N) is 1. The second kappa shape index (κ2) is 8.48. The molecule has 0 aliphatic heterocycles. The zero-order valence-corrected chi connectivity index (χ0v) is 11.9. The minimum absolute atomic E-state index is 0.000670.